The molecule has 0 spiro atoms. The van der Waals surface area contributed by atoms with Crippen LogP contribution in [0.5, 0.6) is 0 Å². The summed E-state index contributed by atoms with van der Waals surface area (Å²) in [5.41, 5.74) is 6.08. The first-order chi connectivity index (χ1) is 8.93. The lowest BCUT2D eigenvalue weighted by Gasteiger charge is -2.27. The third kappa shape index (κ3) is 3.13. The van der Waals surface area contributed by atoms with E-state index in [-0.39, 0.29) is 5.95 Å². The molecule has 6 heteroatoms. The van der Waals surface area contributed by atoms with Crippen LogP contribution >= 0.6 is 0 Å². The Morgan fingerprint density at radius 3 is 2.89 bits per heavy atom. The van der Waals surface area contributed by atoms with Gasteiger partial charge in [0.15, 0.2) is 0 Å². The summed E-state index contributed by atoms with van der Waals surface area (Å²) in [5, 5.41) is 10.6. The van der Waals surface area contributed by atoms with Crippen molar-refractivity contribution in [3.8, 4) is 0 Å². The third-order valence-corrected chi connectivity index (χ3v) is 3.48. The summed E-state index contributed by atoms with van der Waals surface area (Å²) in [5.74, 6) is 1.15. The highest BCUT2D eigenvalue weighted by atomic mass is 16.3. The number of hydrogen-bond acceptors (Lipinski definition) is 6. The molecular weight excluding hydrogens is 242 g/mol. The Balaban J connectivity index is 2.18. The van der Waals surface area contributed by atoms with Gasteiger partial charge in [-0.15, -0.1) is 0 Å². The summed E-state index contributed by atoms with van der Waals surface area (Å²) in [7, 11) is 3.95. The fourth-order valence-corrected chi connectivity index (χ4v) is 2.69. The highest BCUT2D eigenvalue weighted by Crippen LogP contribution is 2.28. The molecule has 6 nitrogen and oxygen atoms in total. The van der Waals surface area contributed by atoms with Crippen molar-refractivity contribution in [3.05, 3.63) is 11.8 Å². The molecule has 1 aromatic rings. The number of aliphatic hydroxyl groups is 1. The maximum Gasteiger partial charge on any atom is 0.221 e. The summed E-state index contributed by atoms with van der Waals surface area (Å²) < 4.78 is 0. The summed E-state index contributed by atoms with van der Waals surface area (Å²) >= 11 is 0. The maximum atomic E-state index is 10.6. The van der Waals surface area contributed by atoms with Gasteiger partial charge in [-0.05, 0) is 26.9 Å². The Labute approximate surface area is 114 Å². The van der Waals surface area contributed by atoms with Crippen molar-refractivity contribution in [2.24, 2.45) is 0 Å². The normalized spacial score (nSPS) is 23.3. The minimum absolute atomic E-state index is 0.287. The Bertz CT molecular complexity index is 451. The van der Waals surface area contributed by atoms with Gasteiger partial charge in [0, 0.05) is 31.4 Å². The fraction of sp³-hybridized carbons (Fsp3) is 0.692. The minimum atomic E-state index is -0.672. The summed E-state index contributed by atoms with van der Waals surface area (Å²) in [4.78, 5) is 12.5. The standard InChI is InChI=1S/C13H23N5O/c1-4-10-7-15-12(14)16-11(10)18-6-5-13(19,9-18)8-17(2)3/h7,19H,4-6,8-9H2,1-3H3,(H2,14,15,16). The van der Waals surface area contributed by atoms with Crippen LogP contribution in [0.4, 0.5) is 11.8 Å². The van der Waals surface area contributed by atoms with Gasteiger partial charge in [-0.2, -0.15) is 4.98 Å². The van der Waals surface area contributed by atoms with Crippen molar-refractivity contribution < 1.29 is 5.11 Å². The van der Waals surface area contributed by atoms with Crippen molar-refractivity contribution >= 4 is 11.8 Å². The summed E-state index contributed by atoms with van der Waals surface area (Å²) in [6, 6.07) is 0. The Hall–Kier alpha value is -1.40. The average molecular weight is 265 g/mol. The second-order valence-electron chi connectivity index (χ2n) is 5.56. The van der Waals surface area contributed by atoms with Gasteiger partial charge in [0.1, 0.15) is 5.82 Å². The maximum absolute atomic E-state index is 10.6. The zero-order valence-corrected chi connectivity index (χ0v) is 11.9. The summed E-state index contributed by atoms with van der Waals surface area (Å²) in [6.45, 7) is 4.12. The Morgan fingerprint density at radius 2 is 2.26 bits per heavy atom. The number of aryl methyl sites for hydroxylation is 1. The lowest BCUT2D eigenvalue weighted by atomic mass is 10.0. The molecule has 1 fully saturated rings. The SMILES string of the molecule is CCc1cnc(N)nc1N1CCC(O)(CN(C)C)C1. The van der Waals surface area contributed by atoms with E-state index in [2.05, 4.69) is 21.8 Å². The first kappa shape index (κ1) is 14.0. The van der Waals surface area contributed by atoms with E-state index in [4.69, 9.17) is 5.73 Å². The summed E-state index contributed by atoms with van der Waals surface area (Å²) in [6.07, 6.45) is 3.39. The second kappa shape index (κ2) is 5.30. The van der Waals surface area contributed by atoms with E-state index >= 15 is 0 Å². The Morgan fingerprint density at radius 1 is 1.53 bits per heavy atom. The topological polar surface area (TPSA) is 78.5 Å². The monoisotopic (exact) mass is 265 g/mol. The molecule has 0 aliphatic carbocycles. The van der Waals surface area contributed by atoms with Crippen LogP contribution in [0, 0.1) is 0 Å². The predicted octanol–water partition coefficient (Wildman–Crippen LogP) is 0.124. The number of nitrogen functional groups attached to an aromatic ring is 1. The molecule has 3 N–H and O–H groups in total. The molecule has 19 heavy (non-hydrogen) atoms. The van der Waals surface area contributed by atoms with Crippen molar-refractivity contribution in [1.29, 1.82) is 0 Å². The number of aromatic nitrogens is 2. The molecule has 1 atom stereocenters. The van der Waals surface area contributed by atoms with Gasteiger partial charge in [-0.1, -0.05) is 6.92 Å². The molecule has 0 amide bonds. The van der Waals surface area contributed by atoms with E-state index < -0.39 is 5.60 Å². The van der Waals surface area contributed by atoms with Crippen molar-refractivity contribution in [2.45, 2.75) is 25.4 Å². The molecule has 106 valence electrons. The van der Waals surface area contributed by atoms with Crippen LogP contribution in [0.1, 0.15) is 18.9 Å². The average Bonchev–Trinajstić information content (AvgIpc) is 2.70. The van der Waals surface area contributed by atoms with Crippen LogP contribution in [-0.4, -0.2) is 59.3 Å². The largest absolute Gasteiger partial charge is 0.387 e. The van der Waals surface area contributed by atoms with E-state index in [0.29, 0.717) is 13.1 Å². The van der Waals surface area contributed by atoms with Crippen LogP contribution in [-0.2, 0) is 6.42 Å². The van der Waals surface area contributed by atoms with E-state index in [9.17, 15) is 5.11 Å². The number of rotatable bonds is 4. The van der Waals surface area contributed by atoms with Crippen LogP contribution < -0.4 is 10.6 Å². The van der Waals surface area contributed by atoms with Gasteiger partial charge >= 0.3 is 0 Å². The fourth-order valence-electron chi connectivity index (χ4n) is 2.69. The van der Waals surface area contributed by atoms with Crippen molar-refractivity contribution in [2.75, 3.05) is 44.4 Å². The molecular formula is C13H23N5O. The molecule has 0 bridgehead atoms. The molecule has 1 aliphatic heterocycles. The zero-order valence-electron chi connectivity index (χ0n) is 11.9. The van der Waals surface area contributed by atoms with Gasteiger partial charge in [-0.3, -0.25) is 0 Å². The molecule has 1 unspecified atom stereocenters. The van der Waals surface area contributed by atoms with Gasteiger partial charge in [0.2, 0.25) is 5.95 Å². The van der Waals surface area contributed by atoms with Crippen LogP contribution in [0.15, 0.2) is 6.20 Å². The molecule has 1 saturated heterocycles. The van der Waals surface area contributed by atoms with E-state index in [0.717, 1.165) is 30.8 Å². The molecule has 0 aromatic carbocycles. The van der Waals surface area contributed by atoms with Crippen molar-refractivity contribution in [3.63, 3.8) is 0 Å². The molecule has 2 rings (SSSR count). The van der Waals surface area contributed by atoms with Gasteiger partial charge in [-0.25, -0.2) is 4.98 Å². The van der Waals surface area contributed by atoms with E-state index in [1.54, 1.807) is 6.20 Å². The second-order valence-corrected chi connectivity index (χ2v) is 5.56. The zero-order chi connectivity index (χ0) is 14.0. The van der Waals surface area contributed by atoms with Gasteiger partial charge in [0.25, 0.3) is 0 Å². The third-order valence-electron chi connectivity index (χ3n) is 3.48. The van der Waals surface area contributed by atoms with Crippen LogP contribution in [0.2, 0.25) is 0 Å². The number of β-amino-alcohol motifs (C(OH)–C–C–N with tert-alkyl or cyclic N) is 1. The van der Waals surface area contributed by atoms with Crippen molar-refractivity contribution in [1.82, 2.24) is 14.9 Å². The molecule has 2 heterocycles. The van der Waals surface area contributed by atoms with E-state index in [1.807, 2.05) is 19.0 Å². The smallest absolute Gasteiger partial charge is 0.221 e. The molecule has 0 saturated carbocycles. The highest BCUT2D eigenvalue weighted by Gasteiger charge is 2.37. The van der Waals surface area contributed by atoms with Crippen LogP contribution in [0.3, 0.4) is 0 Å². The quantitative estimate of drug-likeness (QED) is 0.805. The lowest BCUT2D eigenvalue weighted by Crippen LogP contribution is -2.42. The van der Waals surface area contributed by atoms with Gasteiger partial charge in [0.05, 0.1) is 5.60 Å². The first-order valence-corrected chi connectivity index (χ1v) is 6.67. The number of nitrogens with zero attached hydrogens (tertiary/aromatic N) is 4. The van der Waals surface area contributed by atoms with Gasteiger partial charge < -0.3 is 20.6 Å². The first-order valence-electron chi connectivity index (χ1n) is 6.67. The minimum Gasteiger partial charge on any atom is -0.387 e. The number of nitrogens with two attached hydrogens (primary N) is 1. The Kier molecular flexibility index (Phi) is 3.91. The lowest BCUT2D eigenvalue weighted by molar-refractivity contribution is 0.0365. The number of anilines is 2. The molecule has 0 radical (unpaired) electrons. The van der Waals surface area contributed by atoms with E-state index in [1.165, 1.54) is 0 Å². The van der Waals surface area contributed by atoms with Crippen LogP contribution in [0.25, 0.3) is 0 Å². The predicted molar refractivity (Wildman–Crippen MR) is 76.2 cm³/mol. The molecule has 1 aromatic heterocycles. The highest BCUT2D eigenvalue weighted by molar-refractivity contribution is 5.50. The molecule has 1 aliphatic rings. The number of likely N-dealkylation sites (N-methyl/N-ethyl adjacent to an activating group) is 1. The number of hydrogen-bond donors (Lipinski definition) is 2.